The highest BCUT2D eigenvalue weighted by Crippen LogP contribution is 2.23. The van der Waals surface area contributed by atoms with Crippen LogP contribution in [0.3, 0.4) is 0 Å². The lowest BCUT2D eigenvalue weighted by molar-refractivity contribution is -0.127. The number of nitrogens with zero attached hydrogens (tertiary/aromatic N) is 1. The number of benzene rings is 1. The van der Waals surface area contributed by atoms with E-state index >= 15 is 0 Å². The van der Waals surface area contributed by atoms with E-state index in [4.69, 9.17) is 4.74 Å². The fraction of sp³-hybridized carbons (Fsp3) is 0.462. The van der Waals surface area contributed by atoms with Gasteiger partial charge in [-0.25, -0.2) is 0 Å². The first kappa shape index (κ1) is 13.9. The second kappa shape index (κ2) is 5.96. The largest absolute Gasteiger partial charge is 0.496 e. The van der Waals surface area contributed by atoms with Crippen molar-refractivity contribution in [1.82, 2.24) is 4.90 Å². The molecule has 17 heavy (non-hydrogen) atoms. The van der Waals surface area contributed by atoms with Gasteiger partial charge in [-0.05, 0) is 36.6 Å². The van der Waals surface area contributed by atoms with Crippen LogP contribution in [0.25, 0.3) is 0 Å². The van der Waals surface area contributed by atoms with E-state index in [0.717, 1.165) is 22.4 Å². The minimum absolute atomic E-state index is 0.0289. The summed E-state index contributed by atoms with van der Waals surface area (Å²) in [6, 6.07) is 4.07. The summed E-state index contributed by atoms with van der Waals surface area (Å²) in [5.41, 5.74) is 3.35. The van der Waals surface area contributed by atoms with Gasteiger partial charge in [0.2, 0.25) is 5.91 Å². The first-order valence-electron chi connectivity index (χ1n) is 5.48. The second-order valence-electron chi connectivity index (χ2n) is 4.16. The Kier molecular flexibility index (Phi) is 4.87. The molecule has 0 heterocycles. The number of hydrogen-bond acceptors (Lipinski definition) is 3. The van der Waals surface area contributed by atoms with Crippen molar-refractivity contribution in [3.63, 3.8) is 0 Å². The number of hydrogen-bond donors (Lipinski definition) is 1. The monoisotopic (exact) mass is 253 g/mol. The number of methoxy groups -OCH3 is 1. The molecule has 0 N–H and O–H groups in total. The highest BCUT2D eigenvalue weighted by atomic mass is 32.1. The van der Waals surface area contributed by atoms with Gasteiger partial charge in [-0.1, -0.05) is 6.07 Å². The minimum Gasteiger partial charge on any atom is -0.496 e. The molecular weight excluding hydrogens is 234 g/mol. The molecule has 0 aliphatic heterocycles. The van der Waals surface area contributed by atoms with E-state index in [1.165, 1.54) is 0 Å². The van der Waals surface area contributed by atoms with E-state index in [0.29, 0.717) is 6.54 Å². The first-order chi connectivity index (χ1) is 7.99. The van der Waals surface area contributed by atoms with Gasteiger partial charge in [0.1, 0.15) is 5.75 Å². The van der Waals surface area contributed by atoms with Crippen molar-refractivity contribution in [2.24, 2.45) is 0 Å². The zero-order chi connectivity index (χ0) is 13.0. The standard InChI is InChI=1S/C13H19NO2S/c1-9-6-12(16-4)10(2)5-11(9)7-14(3)13(15)8-17/h5-6,17H,7-8H2,1-4H3. The van der Waals surface area contributed by atoms with Crippen molar-refractivity contribution >= 4 is 18.5 Å². The molecule has 94 valence electrons. The maximum Gasteiger partial charge on any atom is 0.232 e. The van der Waals surface area contributed by atoms with Crippen LogP contribution in [0.15, 0.2) is 12.1 Å². The molecular formula is C13H19NO2S. The highest BCUT2D eigenvalue weighted by molar-refractivity contribution is 7.81. The van der Waals surface area contributed by atoms with Crippen molar-refractivity contribution in [3.8, 4) is 5.75 Å². The zero-order valence-electron chi connectivity index (χ0n) is 10.8. The second-order valence-corrected chi connectivity index (χ2v) is 4.47. The summed E-state index contributed by atoms with van der Waals surface area (Å²) >= 11 is 3.99. The Bertz CT molecular complexity index is 418. The van der Waals surface area contributed by atoms with Crippen molar-refractivity contribution in [2.75, 3.05) is 19.9 Å². The quantitative estimate of drug-likeness (QED) is 0.834. The van der Waals surface area contributed by atoms with Gasteiger partial charge < -0.3 is 9.64 Å². The van der Waals surface area contributed by atoms with Crippen molar-refractivity contribution < 1.29 is 9.53 Å². The number of rotatable bonds is 4. The molecule has 0 radical (unpaired) electrons. The van der Waals surface area contributed by atoms with Gasteiger partial charge >= 0.3 is 0 Å². The van der Waals surface area contributed by atoms with Gasteiger partial charge in [0.05, 0.1) is 12.9 Å². The number of amides is 1. The van der Waals surface area contributed by atoms with Crippen LogP contribution in [0, 0.1) is 13.8 Å². The van der Waals surface area contributed by atoms with Gasteiger partial charge in [-0.2, -0.15) is 12.6 Å². The molecule has 0 aliphatic carbocycles. The van der Waals surface area contributed by atoms with Gasteiger partial charge in [0.15, 0.2) is 0 Å². The fourth-order valence-corrected chi connectivity index (χ4v) is 1.95. The van der Waals surface area contributed by atoms with E-state index in [9.17, 15) is 4.79 Å². The maximum absolute atomic E-state index is 11.5. The summed E-state index contributed by atoms with van der Waals surface area (Å²) in [4.78, 5) is 13.1. The molecule has 1 aromatic carbocycles. The third kappa shape index (κ3) is 3.40. The molecule has 1 aromatic rings. The summed E-state index contributed by atoms with van der Waals surface area (Å²) < 4.78 is 5.26. The Morgan fingerprint density at radius 2 is 2.00 bits per heavy atom. The predicted octanol–water partition coefficient (Wildman–Crippen LogP) is 2.20. The number of carbonyl (C=O) groups is 1. The summed E-state index contributed by atoms with van der Waals surface area (Å²) in [6.45, 7) is 4.63. The Hall–Kier alpha value is -1.16. The molecule has 0 fully saturated rings. The summed E-state index contributed by atoms with van der Waals surface area (Å²) in [5, 5.41) is 0. The van der Waals surface area contributed by atoms with Gasteiger partial charge in [0.25, 0.3) is 0 Å². The van der Waals surface area contributed by atoms with Crippen molar-refractivity contribution in [1.29, 1.82) is 0 Å². The average Bonchev–Trinajstić information content (AvgIpc) is 2.32. The van der Waals surface area contributed by atoms with E-state index in [2.05, 4.69) is 18.7 Å². The highest BCUT2D eigenvalue weighted by Gasteiger charge is 2.10. The number of ether oxygens (including phenoxy) is 1. The number of thiol groups is 1. The van der Waals surface area contributed by atoms with Crippen LogP contribution in [0.2, 0.25) is 0 Å². The first-order valence-corrected chi connectivity index (χ1v) is 6.11. The molecule has 0 bridgehead atoms. The topological polar surface area (TPSA) is 29.5 Å². The molecule has 3 nitrogen and oxygen atoms in total. The Morgan fingerprint density at radius 3 is 2.53 bits per heavy atom. The third-order valence-corrected chi connectivity index (χ3v) is 3.09. The van der Waals surface area contributed by atoms with Crippen LogP contribution in [-0.2, 0) is 11.3 Å². The molecule has 0 atom stereocenters. The van der Waals surface area contributed by atoms with E-state index in [-0.39, 0.29) is 11.7 Å². The van der Waals surface area contributed by atoms with Crippen molar-refractivity contribution in [3.05, 3.63) is 28.8 Å². The smallest absolute Gasteiger partial charge is 0.232 e. The van der Waals surface area contributed by atoms with Crippen molar-refractivity contribution in [2.45, 2.75) is 20.4 Å². The Balaban J connectivity index is 2.92. The Labute approximate surface area is 108 Å². The third-order valence-electron chi connectivity index (χ3n) is 2.82. The summed E-state index contributed by atoms with van der Waals surface area (Å²) in [7, 11) is 3.45. The summed E-state index contributed by atoms with van der Waals surface area (Å²) in [6.07, 6.45) is 0. The van der Waals surface area contributed by atoms with Gasteiger partial charge in [-0.15, -0.1) is 0 Å². The van der Waals surface area contributed by atoms with E-state index in [1.807, 2.05) is 19.9 Å². The molecule has 0 aliphatic rings. The molecule has 0 spiro atoms. The molecule has 1 amide bonds. The molecule has 0 saturated carbocycles. The van der Waals surface area contributed by atoms with Crippen LogP contribution >= 0.6 is 12.6 Å². The van der Waals surface area contributed by atoms with Gasteiger partial charge in [-0.3, -0.25) is 4.79 Å². The zero-order valence-corrected chi connectivity index (χ0v) is 11.7. The normalized spacial score (nSPS) is 10.2. The maximum atomic E-state index is 11.5. The SMILES string of the molecule is COc1cc(C)c(CN(C)C(=O)CS)cc1C. The predicted molar refractivity (Wildman–Crippen MR) is 72.8 cm³/mol. The Morgan fingerprint density at radius 1 is 1.35 bits per heavy atom. The number of carbonyl (C=O) groups excluding carboxylic acids is 1. The molecule has 1 rings (SSSR count). The van der Waals surface area contributed by atoms with E-state index < -0.39 is 0 Å². The lowest BCUT2D eigenvalue weighted by atomic mass is 10.0. The summed E-state index contributed by atoms with van der Waals surface area (Å²) in [5.74, 6) is 1.15. The van der Waals surface area contributed by atoms with Gasteiger partial charge in [0, 0.05) is 13.6 Å². The molecule has 0 unspecified atom stereocenters. The minimum atomic E-state index is 0.0289. The van der Waals surface area contributed by atoms with Crippen LogP contribution in [0.4, 0.5) is 0 Å². The lowest BCUT2D eigenvalue weighted by Gasteiger charge is -2.19. The van der Waals surface area contributed by atoms with Crippen LogP contribution < -0.4 is 4.74 Å². The fourth-order valence-electron chi connectivity index (χ4n) is 1.70. The number of aryl methyl sites for hydroxylation is 2. The lowest BCUT2D eigenvalue weighted by Crippen LogP contribution is -2.27. The van der Waals surface area contributed by atoms with E-state index in [1.54, 1.807) is 19.1 Å². The van der Waals surface area contributed by atoms with Crippen LogP contribution in [0.5, 0.6) is 5.75 Å². The molecule has 0 aromatic heterocycles. The average molecular weight is 253 g/mol. The van der Waals surface area contributed by atoms with Crippen LogP contribution in [-0.4, -0.2) is 30.7 Å². The van der Waals surface area contributed by atoms with Crippen LogP contribution in [0.1, 0.15) is 16.7 Å². The molecule has 0 saturated heterocycles. The molecule has 4 heteroatoms.